The quantitative estimate of drug-likeness (QED) is 0.292. The minimum absolute atomic E-state index is 0.451. The van der Waals surface area contributed by atoms with Gasteiger partial charge in [0.1, 0.15) is 0 Å². The summed E-state index contributed by atoms with van der Waals surface area (Å²) in [5.74, 6) is 0. The molecule has 0 saturated carbocycles. The average Bonchev–Trinajstić information content (AvgIpc) is 2.39. The normalized spacial score (nSPS) is 11.1. The standard InChI is InChI=1S/C14H32B2O4/c1-2-3-4-5-6-7-8-9-10-11-12-13-14(15(17)18)16(19)20/h14,17-20H,2-13H2,1H3. The highest BCUT2D eigenvalue weighted by molar-refractivity contribution is 6.64. The summed E-state index contributed by atoms with van der Waals surface area (Å²) in [7, 11) is -3.28. The van der Waals surface area contributed by atoms with Gasteiger partial charge in [0.05, 0.1) is 0 Å². The molecule has 0 aliphatic rings. The molecule has 20 heavy (non-hydrogen) atoms. The first-order valence-corrected chi connectivity index (χ1v) is 8.31. The lowest BCUT2D eigenvalue weighted by Crippen LogP contribution is -2.33. The Balaban J connectivity index is 3.27. The summed E-state index contributed by atoms with van der Waals surface area (Å²) in [6.45, 7) is 2.23. The number of rotatable bonds is 14. The van der Waals surface area contributed by atoms with Crippen molar-refractivity contribution in [3.05, 3.63) is 0 Å². The predicted molar refractivity (Wildman–Crippen MR) is 85.2 cm³/mol. The van der Waals surface area contributed by atoms with Crippen LogP contribution in [0.5, 0.6) is 0 Å². The lowest BCUT2D eigenvalue weighted by atomic mass is 9.51. The molecule has 0 radical (unpaired) electrons. The molecule has 0 fully saturated rings. The summed E-state index contributed by atoms with van der Waals surface area (Å²) < 4.78 is 0. The molecule has 0 aliphatic heterocycles. The van der Waals surface area contributed by atoms with Gasteiger partial charge in [-0.1, -0.05) is 84.0 Å². The van der Waals surface area contributed by atoms with Gasteiger partial charge in [-0.2, -0.15) is 0 Å². The van der Waals surface area contributed by atoms with Gasteiger partial charge in [0.2, 0.25) is 0 Å². The second-order valence-corrected chi connectivity index (χ2v) is 5.82. The van der Waals surface area contributed by atoms with Gasteiger partial charge in [-0.05, 0) is 0 Å². The van der Waals surface area contributed by atoms with Gasteiger partial charge >= 0.3 is 14.2 Å². The van der Waals surface area contributed by atoms with Gasteiger partial charge in [-0.25, -0.2) is 0 Å². The third kappa shape index (κ3) is 11.8. The Kier molecular flexibility index (Phi) is 13.9. The van der Waals surface area contributed by atoms with Crippen LogP contribution >= 0.6 is 0 Å². The Bertz CT molecular complexity index is 196. The van der Waals surface area contributed by atoms with Crippen LogP contribution in [-0.2, 0) is 0 Å². The van der Waals surface area contributed by atoms with Crippen molar-refractivity contribution in [2.45, 2.75) is 89.7 Å². The van der Waals surface area contributed by atoms with Crippen LogP contribution in [0.15, 0.2) is 0 Å². The first-order valence-electron chi connectivity index (χ1n) is 8.31. The fourth-order valence-corrected chi connectivity index (χ4v) is 2.50. The van der Waals surface area contributed by atoms with Crippen molar-refractivity contribution >= 4 is 14.2 Å². The van der Waals surface area contributed by atoms with Gasteiger partial charge in [0.25, 0.3) is 0 Å². The molecule has 0 aromatic carbocycles. The van der Waals surface area contributed by atoms with Crippen molar-refractivity contribution in [2.24, 2.45) is 0 Å². The van der Waals surface area contributed by atoms with Crippen LogP contribution in [-0.4, -0.2) is 34.3 Å². The smallest absolute Gasteiger partial charge is 0.427 e. The van der Waals surface area contributed by atoms with Gasteiger partial charge in [-0.15, -0.1) is 0 Å². The van der Waals surface area contributed by atoms with E-state index in [2.05, 4.69) is 6.92 Å². The monoisotopic (exact) mass is 286 g/mol. The van der Waals surface area contributed by atoms with Crippen molar-refractivity contribution in [3.63, 3.8) is 0 Å². The molecule has 0 aromatic heterocycles. The van der Waals surface area contributed by atoms with Crippen LogP contribution in [0.2, 0.25) is 5.72 Å². The maximum absolute atomic E-state index is 8.98. The predicted octanol–water partition coefficient (Wildman–Crippen LogP) is 2.54. The highest BCUT2D eigenvalue weighted by Crippen LogP contribution is 2.19. The first-order chi connectivity index (χ1) is 9.59. The highest BCUT2D eigenvalue weighted by Gasteiger charge is 2.33. The SMILES string of the molecule is CCCCCCCCCCCCCC(B(O)O)B(O)O. The molecule has 0 unspecified atom stereocenters. The van der Waals surface area contributed by atoms with E-state index in [4.69, 9.17) is 20.1 Å². The molecule has 118 valence electrons. The lowest BCUT2D eigenvalue weighted by molar-refractivity contribution is 0.351. The van der Waals surface area contributed by atoms with Gasteiger partial charge in [0, 0.05) is 5.72 Å². The molecular formula is C14H32B2O4. The number of hydrogen-bond donors (Lipinski definition) is 4. The van der Waals surface area contributed by atoms with E-state index in [1.807, 2.05) is 0 Å². The van der Waals surface area contributed by atoms with Crippen molar-refractivity contribution in [1.82, 2.24) is 0 Å². The van der Waals surface area contributed by atoms with Gasteiger partial charge in [0.15, 0.2) is 0 Å². The molecule has 4 nitrogen and oxygen atoms in total. The molecule has 0 spiro atoms. The van der Waals surface area contributed by atoms with E-state index in [9.17, 15) is 0 Å². The van der Waals surface area contributed by atoms with Gasteiger partial charge in [-0.3, -0.25) is 0 Å². The second-order valence-electron chi connectivity index (χ2n) is 5.82. The average molecular weight is 286 g/mol. The van der Waals surface area contributed by atoms with Crippen LogP contribution in [0.4, 0.5) is 0 Å². The molecule has 0 bridgehead atoms. The largest absolute Gasteiger partial charge is 0.452 e. The molecule has 0 rings (SSSR count). The molecule has 0 heterocycles. The Hall–Kier alpha value is -0.0301. The summed E-state index contributed by atoms with van der Waals surface area (Å²) in [4.78, 5) is 0. The van der Waals surface area contributed by atoms with E-state index >= 15 is 0 Å². The Morgan fingerprint density at radius 1 is 0.600 bits per heavy atom. The van der Waals surface area contributed by atoms with Crippen LogP contribution in [0.25, 0.3) is 0 Å². The summed E-state index contributed by atoms with van der Waals surface area (Å²) in [6, 6.07) is 0. The zero-order valence-corrected chi connectivity index (χ0v) is 13.0. The summed E-state index contributed by atoms with van der Waals surface area (Å²) >= 11 is 0. The van der Waals surface area contributed by atoms with Crippen LogP contribution in [0.3, 0.4) is 0 Å². The van der Waals surface area contributed by atoms with Crippen LogP contribution in [0.1, 0.15) is 84.0 Å². The maximum atomic E-state index is 8.98. The molecule has 0 aromatic rings. The highest BCUT2D eigenvalue weighted by atomic mass is 16.4. The molecule has 0 atom stereocenters. The number of hydrogen-bond acceptors (Lipinski definition) is 4. The summed E-state index contributed by atoms with van der Waals surface area (Å²) in [6.07, 6.45) is 14.0. The van der Waals surface area contributed by atoms with Crippen LogP contribution < -0.4 is 0 Å². The molecular weight excluding hydrogens is 254 g/mol. The van der Waals surface area contributed by atoms with E-state index in [0.29, 0.717) is 6.42 Å². The van der Waals surface area contributed by atoms with Crippen LogP contribution in [0, 0.1) is 0 Å². The number of unbranched alkanes of at least 4 members (excludes halogenated alkanes) is 10. The minimum atomic E-state index is -1.64. The summed E-state index contributed by atoms with van der Waals surface area (Å²) in [5, 5.41) is 35.9. The maximum Gasteiger partial charge on any atom is 0.452 e. The Morgan fingerprint density at radius 3 is 1.30 bits per heavy atom. The minimum Gasteiger partial charge on any atom is -0.427 e. The van der Waals surface area contributed by atoms with Crippen molar-refractivity contribution in [3.8, 4) is 0 Å². The van der Waals surface area contributed by atoms with Crippen molar-refractivity contribution < 1.29 is 20.1 Å². The zero-order chi connectivity index (χ0) is 15.2. The van der Waals surface area contributed by atoms with Crippen molar-refractivity contribution in [1.29, 1.82) is 0 Å². The van der Waals surface area contributed by atoms with E-state index in [1.54, 1.807) is 0 Å². The molecule has 0 saturated heterocycles. The van der Waals surface area contributed by atoms with Crippen molar-refractivity contribution in [2.75, 3.05) is 0 Å². The second kappa shape index (κ2) is 13.9. The van der Waals surface area contributed by atoms with E-state index in [1.165, 1.54) is 51.4 Å². The third-order valence-corrected chi connectivity index (χ3v) is 3.91. The molecule has 4 N–H and O–H groups in total. The Morgan fingerprint density at radius 2 is 0.950 bits per heavy atom. The first kappa shape index (κ1) is 20.0. The topological polar surface area (TPSA) is 80.9 Å². The molecule has 0 aliphatic carbocycles. The molecule has 0 amide bonds. The van der Waals surface area contributed by atoms with E-state index in [0.717, 1.165) is 19.3 Å². The fraction of sp³-hybridized carbons (Fsp3) is 1.00. The lowest BCUT2D eigenvalue weighted by Gasteiger charge is -2.13. The molecule has 6 heteroatoms. The van der Waals surface area contributed by atoms with E-state index < -0.39 is 20.0 Å². The summed E-state index contributed by atoms with van der Waals surface area (Å²) in [5.41, 5.74) is -0.839. The fourth-order valence-electron chi connectivity index (χ4n) is 2.50. The Labute approximate surface area is 124 Å². The zero-order valence-electron chi connectivity index (χ0n) is 13.0. The third-order valence-electron chi connectivity index (χ3n) is 3.91. The van der Waals surface area contributed by atoms with E-state index in [-0.39, 0.29) is 0 Å². The van der Waals surface area contributed by atoms with Gasteiger partial charge < -0.3 is 20.1 Å².